The number of nitrogens with one attached hydrogen (secondary N) is 1. The van der Waals surface area contributed by atoms with Crippen LogP contribution in [0.1, 0.15) is 37.8 Å². The summed E-state index contributed by atoms with van der Waals surface area (Å²) in [5.41, 5.74) is 2.26. The van der Waals surface area contributed by atoms with E-state index in [0.29, 0.717) is 24.3 Å². The third kappa shape index (κ3) is 4.23. The number of rotatable bonds is 5. The van der Waals surface area contributed by atoms with Gasteiger partial charge in [-0.15, -0.1) is 0 Å². The maximum absolute atomic E-state index is 13.0. The van der Waals surface area contributed by atoms with E-state index in [9.17, 15) is 13.2 Å². The Balaban J connectivity index is 1.59. The van der Waals surface area contributed by atoms with Crippen molar-refractivity contribution in [3.8, 4) is 6.07 Å². The summed E-state index contributed by atoms with van der Waals surface area (Å²) >= 11 is 0. The van der Waals surface area contributed by atoms with Gasteiger partial charge in [-0.05, 0) is 54.8 Å². The Hall–Kier alpha value is -3.05. The van der Waals surface area contributed by atoms with Gasteiger partial charge in [-0.3, -0.25) is 9.52 Å². The number of hydrogen-bond donors (Lipinski definition) is 1. The standard InChI is InChI=1S/C23H26N4O3S/c1-23(2)16-27(15-22(28)26-10-3-4-11-26)21-9-8-19(13-20(21)23)31(29,30)25-18-7-5-6-17(12-18)14-24/h5-9,12-13,25H,3-4,10-11,15-16H2,1-2H3. The first kappa shape index (κ1) is 21.2. The van der Waals surface area contributed by atoms with Gasteiger partial charge in [0.1, 0.15) is 0 Å². The van der Waals surface area contributed by atoms with Crippen molar-refractivity contribution < 1.29 is 13.2 Å². The fraction of sp³-hybridized carbons (Fsp3) is 0.391. The molecule has 0 saturated carbocycles. The fourth-order valence-corrected chi connectivity index (χ4v) is 5.46. The minimum Gasteiger partial charge on any atom is -0.361 e. The molecule has 1 N–H and O–H groups in total. The molecule has 0 aliphatic carbocycles. The van der Waals surface area contributed by atoms with Crippen LogP contribution in [0.2, 0.25) is 0 Å². The number of sulfonamides is 1. The van der Waals surface area contributed by atoms with Crippen LogP contribution in [0.4, 0.5) is 11.4 Å². The van der Waals surface area contributed by atoms with Gasteiger partial charge in [-0.2, -0.15) is 5.26 Å². The van der Waals surface area contributed by atoms with Crippen molar-refractivity contribution in [3.63, 3.8) is 0 Å². The van der Waals surface area contributed by atoms with Gasteiger partial charge in [-0.25, -0.2) is 8.42 Å². The first-order valence-electron chi connectivity index (χ1n) is 10.4. The van der Waals surface area contributed by atoms with Crippen molar-refractivity contribution in [1.29, 1.82) is 5.26 Å². The molecular formula is C23H26N4O3S. The average molecular weight is 439 g/mol. The molecule has 2 aromatic carbocycles. The van der Waals surface area contributed by atoms with Gasteiger partial charge in [0.25, 0.3) is 10.0 Å². The molecule has 1 amide bonds. The number of likely N-dealkylation sites (tertiary alicyclic amines) is 1. The van der Waals surface area contributed by atoms with Crippen LogP contribution in [0, 0.1) is 11.3 Å². The second kappa shape index (κ2) is 7.89. The lowest BCUT2D eigenvalue weighted by atomic mass is 9.87. The summed E-state index contributed by atoms with van der Waals surface area (Å²) in [7, 11) is -3.82. The Labute approximate surface area is 183 Å². The summed E-state index contributed by atoms with van der Waals surface area (Å²) in [5, 5.41) is 9.04. The van der Waals surface area contributed by atoms with Crippen LogP contribution < -0.4 is 9.62 Å². The van der Waals surface area contributed by atoms with E-state index in [-0.39, 0.29) is 16.2 Å². The highest BCUT2D eigenvalue weighted by molar-refractivity contribution is 7.92. The molecule has 0 bridgehead atoms. The lowest BCUT2D eigenvalue weighted by Crippen LogP contribution is -2.40. The van der Waals surface area contributed by atoms with Crippen LogP contribution in [0.3, 0.4) is 0 Å². The van der Waals surface area contributed by atoms with Crippen LogP contribution in [0.5, 0.6) is 0 Å². The maximum Gasteiger partial charge on any atom is 0.261 e. The van der Waals surface area contributed by atoms with E-state index in [0.717, 1.165) is 37.2 Å². The van der Waals surface area contributed by atoms with Gasteiger partial charge < -0.3 is 9.80 Å². The van der Waals surface area contributed by atoms with Crippen molar-refractivity contribution >= 4 is 27.3 Å². The van der Waals surface area contributed by atoms with Gasteiger partial charge in [0.05, 0.1) is 28.8 Å². The van der Waals surface area contributed by atoms with Gasteiger partial charge in [0.2, 0.25) is 5.91 Å². The largest absolute Gasteiger partial charge is 0.361 e. The van der Waals surface area contributed by atoms with E-state index < -0.39 is 10.0 Å². The minimum absolute atomic E-state index is 0.122. The van der Waals surface area contributed by atoms with Gasteiger partial charge in [-0.1, -0.05) is 19.9 Å². The van der Waals surface area contributed by atoms with E-state index in [1.807, 2.05) is 11.0 Å². The molecule has 31 heavy (non-hydrogen) atoms. The number of fused-ring (bicyclic) bond motifs is 1. The number of nitriles is 1. The van der Waals surface area contributed by atoms with Gasteiger partial charge in [0.15, 0.2) is 0 Å². The highest BCUT2D eigenvalue weighted by Gasteiger charge is 2.37. The first-order chi connectivity index (χ1) is 14.7. The van der Waals surface area contributed by atoms with Crippen molar-refractivity contribution in [2.24, 2.45) is 0 Å². The predicted molar refractivity (Wildman–Crippen MR) is 119 cm³/mol. The Morgan fingerprint density at radius 1 is 1.16 bits per heavy atom. The van der Waals surface area contributed by atoms with Crippen LogP contribution >= 0.6 is 0 Å². The topological polar surface area (TPSA) is 93.5 Å². The molecule has 2 aliphatic rings. The van der Waals surface area contributed by atoms with Gasteiger partial charge >= 0.3 is 0 Å². The SMILES string of the molecule is CC1(C)CN(CC(=O)N2CCCC2)c2ccc(S(=O)(=O)Nc3cccc(C#N)c3)cc21. The summed E-state index contributed by atoms with van der Waals surface area (Å²) < 4.78 is 28.5. The van der Waals surface area contributed by atoms with Crippen LogP contribution in [0.15, 0.2) is 47.4 Å². The monoisotopic (exact) mass is 438 g/mol. The zero-order valence-electron chi connectivity index (χ0n) is 17.8. The van der Waals surface area contributed by atoms with Crippen molar-refractivity contribution in [2.45, 2.75) is 37.0 Å². The summed E-state index contributed by atoms with van der Waals surface area (Å²) in [6.45, 7) is 6.72. The molecule has 2 aliphatic heterocycles. The Morgan fingerprint density at radius 2 is 1.90 bits per heavy atom. The summed E-state index contributed by atoms with van der Waals surface area (Å²) in [5.74, 6) is 0.122. The fourth-order valence-electron chi connectivity index (χ4n) is 4.38. The second-order valence-electron chi connectivity index (χ2n) is 8.80. The second-order valence-corrected chi connectivity index (χ2v) is 10.5. The Morgan fingerprint density at radius 3 is 2.61 bits per heavy atom. The smallest absolute Gasteiger partial charge is 0.261 e. The zero-order valence-corrected chi connectivity index (χ0v) is 18.6. The van der Waals surface area contributed by atoms with Crippen LogP contribution in [-0.4, -0.2) is 45.4 Å². The molecule has 0 atom stereocenters. The lowest BCUT2D eigenvalue weighted by Gasteiger charge is -2.24. The third-order valence-electron chi connectivity index (χ3n) is 5.96. The van der Waals surface area contributed by atoms with Gasteiger partial charge in [0, 0.05) is 30.7 Å². The average Bonchev–Trinajstić information content (AvgIpc) is 3.35. The van der Waals surface area contributed by atoms with Crippen LogP contribution in [0.25, 0.3) is 0 Å². The van der Waals surface area contributed by atoms with E-state index in [2.05, 4.69) is 23.5 Å². The Bertz CT molecular complexity index is 1160. The number of anilines is 2. The molecule has 0 radical (unpaired) electrons. The molecule has 2 aromatic rings. The number of carbonyl (C=O) groups excluding carboxylic acids is 1. The number of amides is 1. The molecule has 2 heterocycles. The molecule has 1 saturated heterocycles. The number of nitrogens with zero attached hydrogens (tertiary/aromatic N) is 3. The first-order valence-corrected chi connectivity index (χ1v) is 11.9. The molecular weight excluding hydrogens is 412 g/mol. The van der Waals surface area contributed by atoms with E-state index in [1.165, 1.54) is 6.07 Å². The zero-order chi connectivity index (χ0) is 22.2. The normalized spacial score (nSPS) is 17.3. The van der Waals surface area contributed by atoms with Crippen molar-refractivity contribution in [3.05, 3.63) is 53.6 Å². The lowest BCUT2D eigenvalue weighted by molar-refractivity contribution is -0.128. The maximum atomic E-state index is 13.0. The van der Waals surface area contributed by atoms with E-state index >= 15 is 0 Å². The summed E-state index contributed by atoms with van der Waals surface area (Å²) in [6.07, 6.45) is 2.11. The molecule has 1 fully saturated rings. The molecule has 4 rings (SSSR count). The highest BCUT2D eigenvalue weighted by atomic mass is 32.2. The summed E-state index contributed by atoms with van der Waals surface area (Å²) in [6, 6.07) is 13.4. The molecule has 0 spiro atoms. The minimum atomic E-state index is -3.82. The van der Waals surface area contributed by atoms with Crippen molar-refractivity contribution in [1.82, 2.24) is 4.90 Å². The van der Waals surface area contributed by atoms with E-state index in [1.54, 1.807) is 36.4 Å². The number of carbonyl (C=O) groups is 1. The molecule has 0 unspecified atom stereocenters. The molecule has 162 valence electrons. The van der Waals surface area contributed by atoms with E-state index in [4.69, 9.17) is 5.26 Å². The number of benzene rings is 2. The molecule has 0 aromatic heterocycles. The highest BCUT2D eigenvalue weighted by Crippen LogP contribution is 2.41. The number of hydrogen-bond acceptors (Lipinski definition) is 5. The third-order valence-corrected chi connectivity index (χ3v) is 7.34. The van der Waals surface area contributed by atoms with Crippen LogP contribution in [-0.2, 0) is 20.2 Å². The predicted octanol–water partition coefficient (Wildman–Crippen LogP) is 3.08. The van der Waals surface area contributed by atoms with Crippen molar-refractivity contribution in [2.75, 3.05) is 35.8 Å². The summed E-state index contributed by atoms with van der Waals surface area (Å²) in [4.78, 5) is 16.8. The molecule has 7 nitrogen and oxygen atoms in total. The Kier molecular flexibility index (Phi) is 5.40. The quantitative estimate of drug-likeness (QED) is 0.774. The molecule has 8 heteroatoms.